The van der Waals surface area contributed by atoms with Gasteiger partial charge in [-0.2, -0.15) is 5.26 Å². The number of hydrogen-bond donors (Lipinski definition) is 0. The molecule has 0 atom stereocenters. The Morgan fingerprint density at radius 3 is 2.56 bits per heavy atom. The fourth-order valence-corrected chi connectivity index (χ4v) is 3.53. The van der Waals surface area contributed by atoms with Crippen LogP contribution in [0.4, 0.5) is 0 Å². The van der Waals surface area contributed by atoms with Crippen LogP contribution in [0.1, 0.15) is 37.7 Å². The molecule has 2 bridgehead atoms. The standard InChI is InChI=1S/C16H20N2/c17-13-16-9-6-14(7-10-16)8-11-18(16)12-15-4-2-1-3-5-15/h1-5,14H,6-12H2. The van der Waals surface area contributed by atoms with E-state index in [9.17, 15) is 5.26 Å². The maximum Gasteiger partial charge on any atom is 0.109 e. The quantitative estimate of drug-likeness (QED) is 0.792. The summed E-state index contributed by atoms with van der Waals surface area (Å²) >= 11 is 0. The van der Waals surface area contributed by atoms with Crippen molar-refractivity contribution in [1.29, 1.82) is 5.26 Å². The molecule has 0 unspecified atom stereocenters. The molecule has 3 fully saturated rings. The van der Waals surface area contributed by atoms with Crippen LogP contribution in [-0.2, 0) is 6.54 Å². The molecule has 18 heavy (non-hydrogen) atoms. The second kappa shape index (κ2) is 4.74. The third-order valence-corrected chi connectivity index (χ3v) is 4.77. The van der Waals surface area contributed by atoms with E-state index in [1.54, 1.807) is 0 Å². The lowest BCUT2D eigenvalue weighted by molar-refractivity contribution is 0.115. The molecule has 0 spiro atoms. The number of nitriles is 1. The highest BCUT2D eigenvalue weighted by molar-refractivity contribution is 5.18. The zero-order valence-electron chi connectivity index (χ0n) is 10.8. The monoisotopic (exact) mass is 240 g/mol. The van der Waals surface area contributed by atoms with Crippen molar-refractivity contribution in [3.8, 4) is 6.07 Å². The number of hydrogen-bond acceptors (Lipinski definition) is 2. The summed E-state index contributed by atoms with van der Waals surface area (Å²) in [6.07, 6.45) is 5.91. The molecule has 4 rings (SSSR count). The molecule has 2 heterocycles. The van der Waals surface area contributed by atoms with Gasteiger partial charge in [0, 0.05) is 13.1 Å². The van der Waals surface area contributed by atoms with E-state index in [4.69, 9.17) is 0 Å². The smallest absolute Gasteiger partial charge is 0.109 e. The van der Waals surface area contributed by atoms with Crippen molar-refractivity contribution in [3.05, 3.63) is 35.9 Å². The second-order valence-corrected chi connectivity index (χ2v) is 5.78. The van der Waals surface area contributed by atoms with Crippen molar-refractivity contribution in [3.63, 3.8) is 0 Å². The molecular weight excluding hydrogens is 220 g/mol. The van der Waals surface area contributed by atoms with Crippen molar-refractivity contribution in [1.82, 2.24) is 4.90 Å². The van der Waals surface area contributed by atoms with E-state index in [-0.39, 0.29) is 5.54 Å². The molecule has 0 amide bonds. The summed E-state index contributed by atoms with van der Waals surface area (Å²) < 4.78 is 0. The molecule has 2 nitrogen and oxygen atoms in total. The van der Waals surface area contributed by atoms with Gasteiger partial charge in [-0.05, 0) is 43.6 Å². The van der Waals surface area contributed by atoms with Gasteiger partial charge in [0.1, 0.15) is 5.54 Å². The Kier molecular flexibility index (Phi) is 3.09. The van der Waals surface area contributed by atoms with E-state index >= 15 is 0 Å². The van der Waals surface area contributed by atoms with Gasteiger partial charge in [0.15, 0.2) is 0 Å². The highest BCUT2D eigenvalue weighted by Crippen LogP contribution is 2.42. The first-order valence-corrected chi connectivity index (χ1v) is 7.03. The first-order chi connectivity index (χ1) is 8.82. The van der Waals surface area contributed by atoms with Gasteiger partial charge < -0.3 is 0 Å². The maximum atomic E-state index is 9.65. The molecule has 1 aromatic rings. The van der Waals surface area contributed by atoms with Crippen LogP contribution in [-0.4, -0.2) is 17.0 Å². The minimum absolute atomic E-state index is 0.178. The van der Waals surface area contributed by atoms with Crippen LogP contribution in [0.15, 0.2) is 30.3 Å². The SMILES string of the molecule is N#CC12CCC(CCN1Cc1ccccc1)CC2. The lowest BCUT2D eigenvalue weighted by Crippen LogP contribution is -2.47. The molecule has 0 radical (unpaired) electrons. The van der Waals surface area contributed by atoms with E-state index < -0.39 is 0 Å². The number of nitrogens with zero attached hydrogens (tertiary/aromatic N) is 2. The minimum Gasteiger partial charge on any atom is -0.281 e. The van der Waals surface area contributed by atoms with Gasteiger partial charge in [-0.15, -0.1) is 0 Å². The first-order valence-electron chi connectivity index (χ1n) is 7.03. The average Bonchev–Trinajstić information content (AvgIpc) is 2.71. The molecule has 1 saturated carbocycles. The zero-order valence-corrected chi connectivity index (χ0v) is 10.8. The van der Waals surface area contributed by atoms with Crippen LogP contribution in [0, 0.1) is 17.2 Å². The average molecular weight is 240 g/mol. The third-order valence-electron chi connectivity index (χ3n) is 4.77. The molecule has 1 aliphatic carbocycles. The summed E-state index contributed by atoms with van der Waals surface area (Å²) in [5.41, 5.74) is 1.15. The van der Waals surface area contributed by atoms with Gasteiger partial charge >= 0.3 is 0 Å². The Morgan fingerprint density at radius 2 is 1.89 bits per heavy atom. The van der Waals surface area contributed by atoms with Crippen LogP contribution < -0.4 is 0 Å². The first kappa shape index (κ1) is 11.7. The third kappa shape index (κ3) is 2.04. The molecular formula is C16H20N2. The van der Waals surface area contributed by atoms with Gasteiger partial charge in [0.25, 0.3) is 0 Å². The molecule has 94 valence electrons. The Hall–Kier alpha value is -1.33. The minimum atomic E-state index is -0.178. The van der Waals surface area contributed by atoms with Gasteiger partial charge in [-0.1, -0.05) is 30.3 Å². The van der Waals surface area contributed by atoms with Crippen molar-refractivity contribution in [2.45, 2.75) is 44.2 Å². The lowest BCUT2D eigenvalue weighted by Gasteiger charge is -2.38. The summed E-state index contributed by atoms with van der Waals surface area (Å²) in [4.78, 5) is 2.44. The van der Waals surface area contributed by atoms with Gasteiger partial charge in [-0.3, -0.25) is 4.90 Å². The van der Waals surface area contributed by atoms with E-state index in [0.717, 1.165) is 31.8 Å². The molecule has 1 aromatic carbocycles. The lowest BCUT2D eigenvalue weighted by atomic mass is 9.78. The van der Waals surface area contributed by atoms with Crippen molar-refractivity contribution >= 4 is 0 Å². The molecule has 0 N–H and O–H groups in total. The van der Waals surface area contributed by atoms with E-state index in [1.807, 2.05) is 0 Å². The molecule has 2 heteroatoms. The predicted molar refractivity (Wildman–Crippen MR) is 71.8 cm³/mol. The summed E-state index contributed by atoms with van der Waals surface area (Å²) in [6, 6.07) is 13.2. The Balaban J connectivity index is 1.84. The van der Waals surface area contributed by atoms with Crippen molar-refractivity contribution in [2.75, 3.05) is 6.54 Å². The maximum absolute atomic E-state index is 9.65. The number of benzene rings is 1. The zero-order chi connectivity index (χ0) is 12.4. The topological polar surface area (TPSA) is 27.0 Å². The second-order valence-electron chi connectivity index (χ2n) is 5.78. The number of fused-ring (bicyclic) bond motifs is 4. The largest absolute Gasteiger partial charge is 0.281 e. The van der Waals surface area contributed by atoms with Gasteiger partial charge in [0.05, 0.1) is 6.07 Å². The molecule has 2 aliphatic heterocycles. The fourth-order valence-electron chi connectivity index (χ4n) is 3.53. The molecule has 0 aromatic heterocycles. The predicted octanol–water partition coefficient (Wildman–Crippen LogP) is 3.34. The molecule has 2 saturated heterocycles. The molecule has 3 aliphatic rings. The van der Waals surface area contributed by atoms with Gasteiger partial charge in [-0.25, -0.2) is 0 Å². The Bertz CT molecular complexity index is 438. The van der Waals surface area contributed by atoms with Crippen LogP contribution in [0.2, 0.25) is 0 Å². The van der Waals surface area contributed by atoms with E-state index in [0.29, 0.717) is 0 Å². The van der Waals surface area contributed by atoms with Crippen LogP contribution in [0.25, 0.3) is 0 Å². The Morgan fingerprint density at radius 1 is 1.17 bits per heavy atom. The van der Waals surface area contributed by atoms with Gasteiger partial charge in [0.2, 0.25) is 0 Å². The summed E-state index contributed by atoms with van der Waals surface area (Å²) in [5.74, 6) is 0.868. The highest BCUT2D eigenvalue weighted by Gasteiger charge is 2.43. The summed E-state index contributed by atoms with van der Waals surface area (Å²) in [5, 5.41) is 9.65. The van der Waals surface area contributed by atoms with Crippen LogP contribution in [0.5, 0.6) is 0 Å². The Labute approximate surface area is 109 Å². The van der Waals surface area contributed by atoms with E-state index in [1.165, 1.54) is 24.8 Å². The highest BCUT2D eigenvalue weighted by atomic mass is 15.2. The number of rotatable bonds is 2. The normalized spacial score (nSPS) is 31.8. The van der Waals surface area contributed by atoms with Crippen LogP contribution >= 0.6 is 0 Å². The van der Waals surface area contributed by atoms with Crippen LogP contribution in [0.3, 0.4) is 0 Å². The van der Waals surface area contributed by atoms with Crippen molar-refractivity contribution < 1.29 is 0 Å². The van der Waals surface area contributed by atoms with Crippen molar-refractivity contribution in [2.24, 2.45) is 5.92 Å². The fraction of sp³-hybridized carbons (Fsp3) is 0.562. The van der Waals surface area contributed by atoms with E-state index in [2.05, 4.69) is 41.3 Å². The summed E-state index contributed by atoms with van der Waals surface area (Å²) in [7, 11) is 0. The summed E-state index contributed by atoms with van der Waals surface area (Å²) in [6.45, 7) is 2.02.